The summed E-state index contributed by atoms with van der Waals surface area (Å²) in [5.74, 6) is 0. The van der Waals surface area contributed by atoms with Crippen LogP contribution < -0.4 is 4.72 Å². The van der Waals surface area contributed by atoms with Crippen molar-refractivity contribution in [3.8, 4) is 6.07 Å². The molecule has 0 radical (unpaired) electrons. The second-order valence-electron chi connectivity index (χ2n) is 4.68. The minimum Gasteiger partial charge on any atom is -0.444 e. The number of likely N-dealkylation sites (N-methyl/N-ethyl adjacent to an activating group) is 1. The molecule has 8 heteroatoms. The molecule has 1 aromatic rings. The first-order chi connectivity index (χ1) is 9.94. The van der Waals surface area contributed by atoms with Crippen molar-refractivity contribution in [2.75, 3.05) is 20.1 Å². The fourth-order valence-electron chi connectivity index (χ4n) is 2.03. The Labute approximate surface area is 123 Å². The molecule has 1 aromatic carbocycles. The van der Waals surface area contributed by atoms with E-state index in [1.54, 1.807) is 19.2 Å². The van der Waals surface area contributed by atoms with Crippen LogP contribution in [0.15, 0.2) is 29.2 Å². The zero-order valence-corrected chi connectivity index (χ0v) is 12.3. The van der Waals surface area contributed by atoms with Gasteiger partial charge in [0.15, 0.2) is 0 Å². The molecule has 1 N–H and O–H groups in total. The molecule has 0 aliphatic carbocycles. The molecule has 1 unspecified atom stereocenters. The van der Waals surface area contributed by atoms with E-state index in [1.165, 1.54) is 17.0 Å². The number of rotatable bonds is 5. The number of nitrogens with zero attached hydrogens (tertiary/aromatic N) is 2. The molecule has 1 aliphatic heterocycles. The molecular weight excluding hydrogens is 294 g/mol. The lowest BCUT2D eigenvalue weighted by molar-refractivity contribution is 0.131. The van der Waals surface area contributed by atoms with E-state index in [0.29, 0.717) is 13.0 Å². The van der Waals surface area contributed by atoms with Crippen molar-refractivity contribution in [3.63, 3.8) is 0 Å². The summed E-state index contributed by atoms with van der Waals surface area (Å²) >= 11 is 0. The third-order valence-electron chi connectivity index (χ3n) is 3.11. The third-order valence-corrected chi connectivity index (χ3v) is 4.63. The van der Waals surface area contributed by atoms with Crippen molar-refractivity contribution in [2.45, 2.75) is 17.4 Å². The highest BCUT2D eigenvalue weighted by molar-refractivity contribution is 7.89. The molecule has 0 spiro atoms. The van der Waals surface area contributed by atoms with Crippen molar-refractivity contribution in [1.29, 1.82) is 5.26 Å². The highest BCUT2D eigenvalue weighted by Gasteiger charge is 2.28. The SMILES string of the molecule is CN1CC(CCNS(=O)(=O)c2ccccc2C#N)OC1=O. The van der Waals surface area contributed by atoms with Gasteiger partial charge in [-0.25, -0.2) is 17.9 Å². The van der Waals surface area contributed by atoms with Gasteiger partial charge in [0.25, 0.3) is 0 Å². The Bertz CT molecular complexity index is 681. The maximum atomic E-state index is 12.1. The second-order valence-corrected chi connectivity index (χ2v) is 6.42. The number of hydrogen-bond donors (Lipinski definition) is 1. The van der Waals surface area contributed by atoms with Gasteiger partial charge < -0.3 is 9.64 Å². The van der Waals surface area contributed by atoms with Gasteiger partial charge in [-0.3, -0.25) is 0 Å². The van der Waals surface area contributed by atoms with E-state index < -0.39 is 16.1 Å². The van der Waals surface area contributed by atoms with Crippen LogP contribution in [0.25, 0.3) is 0 Å². The molecule has 0 aromatic heterocycles. The summed E-state index contributed by atoms with van der Waals surface area (Å²) < 4.78 is 31.7. The molecule has 1 heterocycles. The maximum Gasteiger partial charge on any atom is 0.409 e. The molecule has 1 atom stereocenters. The van der Waals surface area contributed by atoms with E-state index in [-0.39, 0.29) is 23.1 Å². The zero-order valence-electron chi connectivity index (χ0n) is 11.4. The van der Waals surface area contributed by atoms with Crippen LogP contribution in [0.1, 0.15) is 12.0 Å². The number of carbonyl (C=O) groups excluding carboxylic acids is 1. The normalized spacial score (nSPS) is 18.4. The number of carbonyl (C=O) groups is 1. The highest BCUT2D eigenvalue weighted by Crippen LogP contribution is 2.15. The van der Waals surface area contributed by atoms with Crippen molar-refractivity contribution < 1.29 is 17.9 Å². The Balaban J connectivity index is 1.96. The van der Waals surface area contributed by atoms with Crippen LogP contribution in [0.2, 0.25) is 0 Å². The van der Waals surface area contributed by atoms with Gasteiger partial charge in [0.05, 0.1) is 17.0 Å². The van der Waals surface area contributed by atoms with Gasteiger partial charge in [0.1, 0.15) is 12.2 Å². The van der Waals surface area contributed by atoms with E-state index in [2.05, 4.69) is 4.72 Å². The average molecular weight is 309 g/mol. The van der Waals surface area contributed by atoms with Crippen LogP contribution in [-0.2, 0) is 14.8 Å². The van der Waals surface area contributed by atoms with E-state index in [4.69, 9.17) is 10.00 Å². The Morgan fingerprint density at radius 1 is 1.48 bits per heavy atom. The molecule has 7 nitrogen and oxygen atoms in total. The van der Waals surface area contributed by atoms with E-state index >= 15 is 0 Å². The highest BCUT2D eigenvalue weighted by atomic mass is 32.2. The Kier molecular flexibility index (Phi) is 4.45. The van der Waals surface area contributed by atoms with Gasteiger partial charge >= 0.3 is 6.09 Å². The number of ether oxygens (including phenoxy) is 1. The standard InChI is InChI=1S/C13H15N3O4S/c1-16-9-11(20-13(16)17)6-7-15-21(18,19)12-5-3-2-4-10(12)8-14/h2-5,11,15H,6-7,9H2,1H3. The summed E-state index contributed by atoms with van der Waals surface area (Å²) in [7, 11) is -2.13. The molecule has 0 bridgehead atoms. The fraction of sp³-hybridized carbons (Fsp3) is 0.385. The Hall–Kier alpha value is -2.11. The van der Waals surface area contributed by atoms with Gasteiger partial charge in [0, 0.05) is 13.6 Å². The van der Waals surface area contributed by atoms with Gasteiger partial charge in [-0.05, 0) is 18.6 Å². The fourth-order valence-corrected chi connectivity index (χ4v) is 3.23. The van der Waals surface area contributed by atoms with Crippen molar-refractivity contribution >= 4 is 16.1 Å². The van der Waals surface area contributed by atoms with Crippen LogP contribution in [-0.4, -0.2) is 45.7 Å². The number of nitrogens with one attached hydrogen (secondary N) is 1. The summed E-state index contributed by atoms with van der Waals surface area (Å²) in [5.41, 5.74) is 0.0945. The minimum absolute atomic E-state index is 0.0481. The molecule has 21 heavy (non-hydrogen) atoms. The van der Waals surface area contributed by atoms with E-state index in [0.717, 1.165) is 0 Å². The third kappa shape index (κ3) is 3.51. The van der Waals surface area contributed by atoms with Crippen LogP contribution in [0.3, 0.4) is 0 Å². The number of nitriles is 1. The molecule has 0 saturated carbocycles. The smallest absolute Gasteiger partial charge is 0.409 e. The second kappa shape index (κ2) is 6.11. The number of hydrogen-bond acceptors (Lipinski definition) is 5. The lowest BCUT2D eigenvalue weighted by atomic mass is 10.2. The molecule has 1 aliphatic rings. The molecular formula is C13H15N3O4S. The average Bonchev–Trinajstić information content (AvgIpc) is 2.77. The van der Waals surface area contributed by atoms with Crippen LogP contribution >= 0.6 is 0 Å². The Morgan fingerprint density at radius 3 is 2.81 bits per heavy atom. The number of sulfonamides is 1. The van der Waals surface area contributed by atoms with Crippen LogP contribution in [0, 0.1) is 11.3 Å². The topological polar surface area (TPSA) is 99.5 Å². The summed E-state index contributed by atoms with van der Waals surface area (Å²) in [6, 6.07) is 7.84. The van der Waals surface area contributed by atoms with E-state index in [9.17, 15) is 13.2 Å². The minimum atomic E-state index is -3.75. The predicted octanol–water partition coefficient (Wildman–Crippen LogP) is 0.677. The summed E-state index contributed by atoms with van der Waals surface area (Å²) in [4.78, 5) is 12.6. The maximum absolute atomic E-state index is 12.1. The van der Waals surface area contributed by atoms with Crippen molar-refractivity contribution in [1.82, 2.24) is 9.62 Å². The van der Waals surface area contributed by atoms with Gasteiger partial charge in [-0.2, -0.15) is 5.26 Å². The van der Waals surface area contributed by atoms with Gasteiger partial charge in [-0.15, -0.1) is 0 Å². The predicted molar refractivity (Wildman–Crippen MR) is 73.9 cm³/mol. The molecule has 1 fully saturated rings. The molecule has 1 amide bonds. The van der Waals surface area contributed by atoms with Crippen molar-refractivity contribution in [3.05, 3.63) is 29.8 Å². The number of benzene rings is 1. The van der Waals surface area contributed by atoms with Crippen molar-refractivity contribution in [2.24, 2.45) is 0 Å². The van der Waals surface area contributed by atoms with Crippen LogP contribution in [0.5, 0.6) is 0 Å². The molecule has 112 valence electrons. The van der Waals surface area contributed by atoms with E-state index in [1.807, 2.05) is 6.07 Å². The first-order valence-corrected chi connectivity index (χ1v) is 7.83. The number of amides is 1. The lowest BCUT2D eigenvalue weighted by Gasteiger charge is -2.10. The molecule has 2 rings (SSSR count). The lowest BCUT2D eigenvalue weighted by Crippen LogP contribution is -2.29. The first kappa shape index (κ1) is 15.3. The summed E-state index contributed by atoms with van der Waals surface area (Å²) in [6.07, 6.45) is -0.349. The first-order valence-electron chi connectivity index (χ1n) is 6.34. The summed E-state index contributed by atoms with van der Waals surface area (Å²) in [6.45, 7) is 0.573. The quantitative estimate of drug-likeness (QED) is 0.862. The van der Waals surface area contributed by atoms with Gasteiger partial charge in [-0.1, -0.05) is 12.1 Å². The Morgan fingerprint density at radius 2 is 2.19 bits per heavy atom. The largest absolute Gasteiger partial charge is 0.444 e. The van der Waals surface area contributed by atoms with Gasteiger partial charge in [0.2, 0.25) is 10.0 Å². The van der Waals surface area contributed by atoms with Crippen LogP contribution in [0.4, 0.5) is 4.79 Å². The monoisotopic (exact) mass is 309 g/mol. The number of cyclic esters (lactones) is 1. The zero-order chi connectivity index (χ0) is 15.5. The molecule has 1 saturated heterocycles. The summed E-state index contributed by atoms with van der Waals surface area (Å²) in [5, 5.41) is 8.93.